The number of halogens is 1. The van der Waals surface area contributed by atoms with Gasteiger partial charge in [0.2, 0.25) is 5.89 Å². The molecule has 9 nitrogen and oxygen atoms in total. The highest BCUT2D eigenvalue weighted by molar-refractivity contribution is 7.90. The van der Waals surface area contributed by atoms with Crippen LogP contribution in [0, 0.1) is 17.7 Å². The SMILES string of the molecule is CC(CNc1ccc(S(C)(=O)=O)cc1F)C(=N/C=C\C1CC1)N1C2COCC1CC(c1nc(C(C)C)no1)C2. The van der Waals surface area contributed by atoms with Crippen LogP contribution < -0.4 is 5.32 Å². The van der Waals surface area contributed by atoms with Crippen molar-refractivity contribution in [2.24, 2.45) is 16.8 Å². The molecule has 1 aliphatic carbocycles. The fourth-order valence-electron chi connectivity index (χ4n) is 5.34. The molecule has 39 heavy (non-hydrogen) atoms. The number of allylic oxidation sites excluding steroid dienone is 1. The minimum atomic E-state index is -3.48. The third-order valence-corrected chi connectivity index (χ3v) is 8.81. The van der Waals surface area contributed by atoms with Gasteiger partial charge in [0.15, 0.2) is 15.7 Å². The van der Waals surface area contributed by atoms with Crippen molar-refractivity contribution in [1.29, 1.82) is 0 Å². The van der Waals surface area contributed by atoms with Gasteiger partial charge in [-0.3, -0.25) is 0 Å². The second kappa shape index (κ2) is 11.4. The van der Waals surface area contributed by atoms with Gasteiger partial charge in [-0.2, -0.15) is 4.98 Å². The fraction of sp³-hybridized carbons (Fsp3) is 0.607. The lowest BCUT2D eigenvalue weighted by Crippen LogP contribution is -2.60. The largest absolute Gasteiger partial charge is 0.382 e. The zero-order valence-corrected chi connectivity index (χ0v) is 23.8. The van der Waals surface area contributed by atoms with Gasteiger partial charge in [-0.05, 0) is 49.8 Å². The van der Waals surface area contributed by atoms with Gasteiger partial charge >= 0.3 is 0 Å². The maximum Gasteiger partial charge on any atom is 0.229 e. The summed E-state index contributed by atoms with van der Waals surface area (Å²) in [5, 5.41) is 7.34. The van der Waals surface area contributed by atoms with Gasteiger partial charge in [0, 0.05) is 36.8 Å². The van der Waals surface area contributed by atoms with Crippen molar-refractivity contribution in [1.82, 2.24) is 15.0 Å². The Morgan fingerprint density at radius 3 is 2.54 bits per heavy atom. The average molecular weight is 560 g/mol. The summed E-state index contributed by atoms with van der Waals surface area (Å²) >= 11 is 0. The van der Waals surface area contributed by atoms with Gasteiger partial charge in [0.1, 0.15) is 11.7 Å². The molecule has 0 spiro atoms. The Morgan fingerprint density at radius 2 is 1.95 bits per heavy atom. The van der Waals surface area contributed by atoms with E-state index in [2.05, 4.69) is 47.2 Å². The van der Waals surface area contributed by atoms with Crippen LogP contribution in [0.4, 0.5) is 10.1 Å². The molecule has 212 valence electrons. The van der Waals surface area contributed by atoms with E-state index >= 15 is 0 Å². The number of benzene rings is 1. The van der Waals surface area contributed by atoms with Gasteiger partial charge in [-0.25, -0.2) is 17.8 Å². The van der Waals surface area contributed by atoms with Crippen LogP contribution in [0.25, 0.3) is 0 Å². The zero-order chi connectivity index (χ0) is 27.7. The highest BCUT2D eigenvalue weighted by Crippen LogP contribution is 2.38. The molecule has 1 aromatic heterocycles. The number of rotatable bonds is 9. The Balaban J connectivity index is 1.34. The topological polar surface area (TPSA) is 110 Å². The molecular weight excluding hydrogens is 521 g/mol. The molecular formula is C28H38FN5O4S. The Morgan fingerprint density at radius 1 is 1.23 bits per heavy atom. The number of sulfone groups is 1. The minimum Gasteiger partial charge on any atom is -0.382 e. The van der Waals surface area contributed by atoms with E-state index in [4.69, 9.17) is 14.3 Å². The van der Waals surface area contributed by atoms with Crippen LogP contribution >= 0.6 is 0 Å². The van der Waals surface area contributed by atoms with E-state index in [0.29, 0.717) is 31.6 Å². The summed E-state index contributed by atoms with van der Waals surface area (Å²) in [6.07, 6.45) is 9.20. The number of nitrogens with one attached hydrogen (secondary N) is 1. The van der Waals surface area contributed by atoms with E-state index in [-0.39, 0.29) is 40.4 Å². The van der Waals surface area contributed by atoms with E-state index in [1.165, 1.54) is 25.0 Å². The second-order valence-corrected chi connectivity index (χ2v) is 13.4. The molecule has 1 aromatic carbocycles. The van der Waals surface area contributed by atoms with Crippen LogP contribution in [0.3, 0.4) is 0 Å². The number of piperidine rings is 1. The first-order chi connectivity index (χ1) is 18.6. The normalized spacial score (nSPS) is 24.9. The molecule has 2 aromatic rings. The van der Waals surface area contributed by atoms with Crippen molar-refractivity contribution >= 4 is 21.4 Å². The lowest BCUT2D eigenvalue weighted by atomic mass is 9.84. The molecule has 0 amide bonds. The quantitative estimate of drug-likeness (QED) is 0.346. The molecule has 5 rings (SSSR count). The van der Waals surface area contributed by atoms with Gasteiger partial charge < -0.3 is 19.5 Å². The third-order valence-electron chi connectivity index (χ3n) is 7.70. The van der Waals surface area contributed by atoms with Crippen molar-refractivity contribution < 1.29 is 22.1 Å². The van der Waals surface area contributed by atoms with Crippen molar-refractivity contribution in [2.45, 2.75) is 75.3 Å². The van der Waals surface area contributed by atoms with E-state index in [1.807, 2.05) is 6.20 Å². The summed E-state index contributed by atoms with van der Waals surface area (Å²) in [5.74, 6) is 2.72. The predicted molar refractivity (Wildman–Crippen MR) is 147 cm³/mol. The second-order valence-electron chi connectivity index (χ2n) is 11.4. The van der Waals surface area contributed by atoms with E-state index in [9.17, 15) is 12.8 Å². The number of hydrogen-bond donors (Lipinski definition) is 1. The molecule has 11 heteroatoms. The van der Waals surface area contributed by atoms with Crippen molar-refractivity contribution in [3.63, 3.8) is 0 Å². The minimum absolute atomic E-state index is 0.0384. The molecule has 2 saturated heterocycles. The molecule has 2 aliphatic heterocycles. The molecule has 2 bridgehead atoms. The van der Waals surface area contributed by atoms with Crippen LogP contribution in [0.5, 0.6) is 0 Å². The number of aliphatic imine (C=N–C) groups is 1. The van der Waals surface area contributed by atoms with Crippen LogP contribution in [-0.2, 0) is 14.6 Å². The average Bonchev–Trinajstić information content (AvgIpc) is 3.56. The van der Waals surface area contributed by atoms with E-state index in [1.54, 1.807) is 0 Å². The Kier molecular flexibility index (Phi) is 8.09. The number of morpholine rings is 1. The first-order valence-corrected chi connectivity index (χ1v) is 15.7. The first-order valence-electron chi connectivity index (χ1n) is 13.8. The number of nitrogens with zero attached hydrogens (tertiary/aromatic N) is 4. The van der Waals surface area contributed by atoms with Crippen molar-refractivity contribution in [3.8, 4) is 0 Å². The maximum absolute atomic E-state index is 14.7. The molecule has 0 radical (unpaired) electrons. The predicted octanol–water partition coefficient (Wildman–Crippen LogP) is 4.75. The summed E-state index contributed by atoms with van der Waals surface area (Å²) in [7, 11) is -3.48. The zero-order valence-electron chi connectivity index (χ0n) is 23.0. The van der Waals surface area contributed by atoms with Crippen molar-refractivity contribution in [3.05, 3.63) is 48.0 Å². The van der Waals surface area contributed by atoms with Gasteiger partial charge in [0.05, 0.1) is 35.9 Å². The molecule has 1 saturated carbocycles. The van der Waals surface area contributed by atoms with Gasteiger partial charge in [-0.15, -0.1) is 0 Å². The maximum atomic E-state index is 14.7. The monoisotopic (exact) mass is 559 g/mol. The number of amidine groups is 1. The van der Waals surface area contributed by atoms with Crippen LogP contribution in [0.2, 0.25) is 0 Å². The van der Waals surface area contributed by atoms with Crippen molar-refractivity contribution in [2.75, 3.05) is 31.3 Å². The molecule has 3 atom stereocenters. The first kappa shape index (κ1) is 27.8. The molecule has 3 fully saturated rings. The smallest absolute Gasteiger partial charge is 0.229 e. The number of anilines is 1. The molecule has 1 N–H and O–H groups in total. The molecule has 3 aliphatic rings. The van der Waals surface area contributed by atoms with E-state index in [0.717, 1.165) is 36.8 Å². The van der Waals surface area contributed by atoms with Crippen LogP contribution in [-0.4, -0.2) is 67.4 Å². The summed E-state index contributed by atoms with van der Waals surface area (Å²) in [6.45, 7) is 7.80. The van der Waals surface area contributed by atoms with Gasteiger partial charge in [0.25, 0.3) is 0 Å². The standard InChI is InChI=1S/C28H38FN5O4S/c1-17(2)26-32-28(38-33-26)20-11-21-15-37-16-22(12-20)34(21)27(30-10-9-19-5-6-19)18(3)14-31-25-8-7-23(13-24(25)29)39(4,35)36/h7-10,13,17-22,31H,5-6,11-12,14-16H2,1-4H3/b10-9-,30-27?. The number of ether oxygens (including phenoxy) is 1. The molecule has 3 unspecified atom stereocenters. The fourth-order valence-corrected chi connectivity index (χ4v) is 5.97. The summed E-state index contributed by atoms with van der Waals surface area (Å²) in [4.78, 5) is 12.0. The number of fused-ring (bicyclic) bond motifs is 2. The molecule has 3 heterocycles. The Bertz CT molecular complexity index is 1320. The number of hydrogen-bond acceptors (Lipinski definition) is 8. The summed E-state index contributed by atoms with van der Waals surface area (Å²) in [6, 6.07) is 4.18. The Labute approximate surface area is 229 Å². The van der Waals surface area contributed by atoms with Crippen LogP contribution in [0.15, 0.2) is 44.9 Å². The summed E-state index contributed by atoms with van der Waals surface area (Å²) in [5.41, 5.74) is 0.265. The third kappa shape index (κ3) is 6.51. The number of aromatic nitrogens is 2. The van der Waals surface area contributed by atoms with Gasteiger partial charge in [-0.1, -0.05) is 32.0 Å². The Hall–Kier alpha value is -2.79. The highest BCUT2D eigenvalue weighted by atomic mass is 32.2. The highest BCUT2D eigenvalue weighted by Gasteiger charge is 2.43. The lowest BCUT2D eigenvalue weighted by Gasteiger charge is -2.50. The van der Waals surface area contributed by atoms with E-state index < -0.39 is 15.7 Å². The summed E-state index contributed by atoms with van der Waals surface area (Å²) < 4.78 is 49.9. The lowest BCUT2D eigenvalue weighted by molar-refractivity contribution is -0.0476. The van der Waals surface area contributed by atoms with Crippen LogP contribution in [0.1, 0.15) is 70.0 Å².